The molecule has 0 saturated carbocycles. The predicted octanol–water partition coefficient (Wildman–Crippen LogP) is 15.6. The molecule has 58 heavy (non-hydrogen) atoms. The monoisotopic (exact) mass is 914 g/mol. The summed E-state index contributed by atoms with van der Waals surface area (Å²) in [4.78, 5) is 0. The first-order valence-electron chi connectivity index (χ1n) is 19.2. The predicted molar refractivity (Wildman–Crippen MR) is 260 cm³/mol. The summed E-state index contributed by atoms with van der Waals surface area (Å²) in [5.74, 6) is 2.01. The molecule has 0 amide bonds. The van der Waals surface area contributed by atoms with Crippen molar-refractivity contribution in [3.05, 3.63) is 134 Å². The fourth-order valence-electron chi connectivity index (χ4n) is 7.55. The topological polar surface area (TPSA) is 18.5 Å². The van der Waals surface area contributed by atoms with Crippen molar-refractivity contribution in [3.63, 3.8) is 0 Å². The Labute approximate surface area is 383 Å². The third-order valence-corrected chi connectivity index (χ3v) is 9.66. The minimum atomic E-state index is 0. The number of methoxy groups -OCH3 is 2. The zero-order valence-electron chi connectivity index (χ0n) is 38.3. The Kier molecular flexibility index (Phi) is 21.3. The standard InChI is InChI=1S/2C25H31O.2CH3.2ClH.Si.Zr/c2*1-24(2,3)16-17-13-19-15-21(25(4,5)6)23(26-7)22(20(19)14-17)18-11-9-8-10-12-18;;;;;;/h2*8-15H,16H2,1-7H3;2*1H3;2*1H;;/q4*-1;;;;. The van der Waals surface area contributed by atoms with Crippen molar-refractivity contribution in [3.8, 4) is 33.8 Å². The molecule has 6 aromatic carbocycles. The molecule has 0 aliphatic carbocycles. The van der Waals surface area contributed by atoms with Crippen LogP contribution in [0.25, 0.3) is 43.8 Å². The van der Waals surface area contributed by atoms with Gasteiger partial charge in [-0.3, -0.25) is 0 Å². The summed E-state index contributed by atoms with van der Waals surface area (Å²) >= 11 is 1.36. The quantitative estimate of drug-likeness (QED) is 0.122. The first-order chi connectivity index (χ1) is 25.2. The third kappa shape index (κ3) is 13.7. The van der Waals surface area contributed by atoms with E-state index in [4.69, 9.17) is 9.47 Å². The molecule has 6 rings (SSSR count). The van der Waals surface area contributed by atoms with Crippen molar-refractivity contribution in [2.24, 2.45) is 10.8 Å². The van der Waals surface area contributed by atoms with Crippen molar-refractivity contribution in [1.82, 2.24) is 0 Å². The van der Waals surface area contributed by atoms with E-state index in [0.717, 1.165) is 24.3 Å². The fourth-order valence-corrected chi connectivity index (χ4v) is 7.55. The van der Waals surface area contributed by atoms with E-state index in [1.807, 2.05) is 0 Å². The van der Waals surface area contributed by atoms with Gasteiger partial charge in [0.1, 0.15) is 11.5 Å². The normalized spacial score (nSPS) is 11.3. The summed E-state index contributed by atoms with van der Waals surface area (Å²) in [6.45, 7) is 30.4. The Bertz CT molecular complexity index is 2000. The second-order valence-corrected chi connectivity index (χ2v) is 19.1. The first kappa shape index (κ1) is 55.4. The second-order valence-electron chi connectivity index (χ2n) is 19.1. The molecule has 0 aliphatic rings. The molecule has 0 bridgehead atoms. The average molecular weight is 917 g/mol. The SMILES string of the molecule is COc1c(C(C)(C)C)cc2[cH-]c(CC(C)(C)C)cc2c1-c1ccccc1.COc1c(C(C)(C)C)cc2[cH-]c(CC(C)(C)C)cc2c1-c1ccccc1.Cl.Cl.[CH3-].[CH3-].[Si]=[Zr]. The number of hydrogen-bond acceptors (Lipinski definition) is 2. The first-order valence-corrected chi connectivity index (χ1v) is 23.4. The average Bonchev–Trinajstić information content (AvgIpc) is 3.68. The van der Waals surface area contributed by atoms with E-state index in [9.17, 15) is 0 Å². The number of rotatable bonds is 6. The number of benzene rings is 4. The maximum absolute atomic E-state index is 5.98. The molecule has 0 heterocycles. The third-order valence-electron chi connectivity index (χ3n) is 9.66. The molecule has 0 N–H and O–H groups in total. The van der Waals surface area contributed by atoms with Crippen LogP contribution < -0.4 is 9.47 Å². The molecule has 0 unspecified atom stereocenters. The van der Waals surface area contributed by atoms with Crippen LogP contribution in [0.1, 0.15) is 105 Å². The summed E-state index contributed by atoms with van der Waals surface area (Å²) in [5, 5.41) is 5.21. The van der Waals surface area contributed by atoms with Crippen LogP contribution in [0.15, 0.2) is 97.1 Å². The second kappa shape index (κ2) is 22.3. The van der Waals surface area contributed by atoms with E-state index in [2.05, 4.69) is 187 Å². The summed E-state index contributed by atoms with van der Waals surface area (Å²) in [5.41, 5.74) is 10.8. The van der Waals surface area contributed by atoms with E-state index in [-0.39, 0.29) is 61.3 Å². The number of halogens is 2. The Balaban J connectivity index is 0.00000101. The van der Waals surface area contributed by atoms with Gasteiger partial charge in [0, 0.05) is 0 Å². The Morgan fingerprint density at radius 2 is 0.793 bits per heavy atom. The summed E-state index contributed by atoms with van der Waals surface area (Å²) in [6.07, 6.45) is 2.14. The number of ether oxygens (including phenoxy) is 2. The summed E-state index contributed by atoms with van der Waals surface area (Å²) < 4.78 is 12.0. The van der Waals surface area contributed by atoms with Crippen LogP contribution in [-0.2, 0) is 47.0 Å². The van der Waals surface area contributed by atoms with Crippen LogP contribution in [0.4, 0.5) is 0 Å². The van der Waals surface area contributed by atoms with Gasteiger partial charge in [0.2, 0.25) is 0 Å². The van der Waals surface area contributed by atoms with Gasteiger partial charge >= 0.3 is 30.2 Å². The zero-order valence-corrected chi connectivity index (χ0v) is 43.4. The molecule has 0 atom stereocenters. The zero-order chi connectivity index (χ0) is 40.2. The Morgan fingerprint density at radius 3 is 1.03 bits per heavy atom. The van der Waals surface area contributed by atoms with Crippen molar-refractivity contribution in [2.45, 2.75) is 107 Å². The fraction of sp³-hybridized carbons (Fsp3) is 0.385. The Hall–Kier alpha value is -2.62. The number of fused-ring (bicyclic) bond motifs is 2. The molecule has 0 saturated heterocycles. The van der Waals surface area contributed by atoms with Gasteiger partial charge in [0.05, 0.1) is 14.2 Å². The van der Waals surface area contributed by atoms with Gasteiger partial charge in [0.25, 0.3) is 0 Å². The molecule has 2 radical (unpaired) electrons. The molecule has 6 heteroatoms. The molecule has 6 aromatic rings. The van der Waals surface area contributed by atoms with Gasteiger partial charge in [-0.1, -0.05) is 144 Å². The van der Waals surface area contributed by atoms with Crippen molar-refractivity contribution in [2.75, 3.05) is 14.2 Å². The van der Waals surface area contributed by atoms with Gasteiger partial charge in [-0.05, 0) is 67.9 Å². The van der Waals surface area contributed by atoms with Crippen LogP contribution in [0, 0.1) is 25.7 Å². The van der Waals surface area contributed by atoms with Crippen LogP contribution in [0.3, 0.4) is 0 Å². The molecule has 316 valence electrons. The molecule has 2 nitrogen and oxygen atoms in total. The van der Waals surface area contributed by atoms with Gasteiger partial charge in [-0.25, -0.2) is 0 Å². The molecular weight excluding hydrogens is 847 g/mol. The Morgan fingerprint density at radius 1 is 0.500 bits per heavy atom. The van der Waals surface area contributed by atoms with Crippen molar-refractivity contribution in [1.29, 1.82) is 0 Å². The van der Waals surface area contributed by atoms with Crippen molar-refractivity contribution >= 4 is 53.2 Å². The molecule has 0 aliphatic heterocycles. The van der Waals surface area contributed by atoms with E-state index in [1.165, 1.54) is 89.4 Å². The van der Waals surface area contributed by atoms with Gasteiger partial charge in [-0.2, -0.15) is 12.1 Å². The van der Waals surface area contributed by atoms with Crippen LogP contribution in [-0.4, -0.2) is 21.1 Å². The van der Waals surface area contributed by atoms with Gasteiger partial charge < -0.3 is 24.3 Å². The van der Waals surface area contributed by atoms with E-state index in [1.54, 1.807) is 14.2 Å². The summed E-state index contributed by atoms with van der Waals surface area (Å²) in [6, 6.07) is 35.4. The molecular formula is C52H70Cl2O2SiZr-4. The van der Waals surface area contributed by atoms with Gasteiger partial charge in [0.15, 0.2) is 0 Å². The van der Waals surface area contributed by atoms with E-state index in [0.29, 0.717) is 0 Å². The minimum absolute atomic E-state index is 0. The molecule has 0 fully saturated rings. The van der Waals surface area contributed by atoms with Crippen LogP contribution in [0.5, 0.6) is 11.5 Å². The number of hydrogen-bond donors (Lipinski definition) is 0. The maximum atomic E-state index is 5.98. The van der Waals surface area contributed by atoms with Gasteiger partial charge in [-0.15, -0.1) is 81.8 Å². The molecule has 0 spiro atoms. The van der Waals surface area contributed by atoms with Crippen molar-refractivity contribution < 1.29 is 32.8 Å². The van der Waals surface area contributed by atoms with E-state index >= 15 is 0 Å². The van der Waals surface area contributed by atoms with E-state index < -0.39 is 0 Å². The molecule has 0 aromatic heterocycles. The van der Waals surface area contributed by atoms with Crippen LogP contribution in [0.2, 0.25) is 0 Å². The summed E-state index contributed by atoms with van der Waals surface area (Å²) in [7, 11) is 3.59. The van der Waals surface area contributed by atoms with Crippen LogP contribution >= 0.6 is 24.8 Å².